The van der Waals surface area contributed by atoms with Crippen LogP contribution in [0.15, 0.2) is 48.5 Å². The molecule has 1 atom stereocenters. The second-order valence-corrected chi connectivity index (χ2v) is 5.87. The molecule has 0 aliphatic carbocycles. The summed E-state index contributed by atoms with van der Waals surface area (Å²) in [6, 6.07) is 12.5. The van der Waals surface area contributed by atoms with Crippen molar-refractivity contribution in [2.24, 2.45) is 0 Å². The van der Waals surface area contributed by atoms with Crippen molar-refractivity contribution >= 4 is 11.6 Å². The molecule has 140 valence electrons. The summed E-state index contributed by atoms with van der Waals surface area (Å²) in [5.41, 5.74) is 2.35. The number of carbonyl (C=O) groups is 1. The molecule has 0 saturated heterocycles. The number of aromatic nitrogens is 4. The molecule has 0 saturated carbocycles. The van der Waals surface area contributed by atoms with Crippen LogP contribution in [0.3, 0.4) is 0 Å². The predicted molar refractivity (Wildman–Crippen MR) is 94.4 cm³/mol. The Balaban J connectivity index is 1.66. The SMILES string of the molecule is Cc1ccc(-c2nnn([C@H](C)C(=O)Nc3ccc(OC(F)F)cc3)n2)cc1. The number of tetrazole rings is 1. The summed E-state index contributed by atoms with van der Waals surface area (Å²) in [6.45, 7) is 0.711. The normalized spacial score (nSPS) is 12.0. The van der Waals surface area contributed by atoms with Gasteiger partial charge in [-0.3, -0.25) is 4.79 Å². The van der Waals surface area contributed by atoms with Crippen molar-refractivity contribution in [2.45, 2.75) is 26.5 Å². The first-order valence-corrected chi connectivity index (χ1v) is 8.14. The lowest BCUT2D eigenvalue weighted by molar-refractivity contribution is -0.119. The molecule has 3 aromatic rings. The van der Waals surface area contributed by atoms with Crippen LogP contribution in [-0.2, 0) is 4.79 Å². The number of rotatable bonds is 6. The Hall–Kier alpha value is -3.36. The number of amides is 1. The number of ether oxygens (including phenoxy) is 1. The maximum Gasteiger partial charge on any atom is 0.387 e. The number of hydrogen-bond donors (Lipinski definition) is 1. The Morgan fingerprint density at radius 3 is 2.41 bits per heavy atom. The monoisotopic (exact) mass is 373 g/mol. The third-order valence-electron chi connectivity index (χ3n) is 3.81. The zero-order valence-electron chi connectivity index (χ0n) is 14.6. The second kappa shape index (κ2) is 7.90. The Morgan fingerprint density at radius 2 is 1.78 bits per heavy atom. The highest BCUT2D eigenvalue weighted by molar-refractivity contribution is 5.93. The van der Waals surface area contributed by atoms with Crippen molar-refractivity contribution in [3.8, 4) is 17.1 Å². The highest BCUT2D eigenvalue weighted by Crippen LogP contribution is 2.19. The van der Waals surface area contributed by atoms with Crippen LogP contribution in [0.25, 0.3) is 11.4 Å². The van der Waals surface area contributed by atoms with Gasteiger partial charge in [0.2, 0.25) is 5.82 Å². The van der Waals surface area contributed by atoms with Crippen molar-refractivity contribution in [1.82, 2.24) is 20.2 Å². The number of hydrogen-bond acceptors (Lipinski definition) is 5. The van der Waals surface area contributed by atoms with Crippen LogP contribution >= 0.6 is 0 Å². The molecule has 0 fully saturated rings. The van der Waals surface area contributed by atoms with E-state index in [-0.39, 0.29) is 11.7 Å². The van der Waals surface area contributed by atoms with Gasteiger partial charge in [0.25, 0.3) is 5.91 Å². The molecule has 1 aromatic heterocycles. The molecule has 7 nitrogen and oxygen atoms in total. The summed E-state index contributed by atoms with van der Waals surface area (Å²) in [5, 5.41) is 14.8. The molecule has 0 aliphatic heterocycles. The zero-order chi connectivity index (χ0) is 19.4. The molecule has 0 aliphatic rings. The summed E-state index contributed by atoms with van der Waals surface area (Å²) >= 11 is 0. The molecule has 0 spiro atoms. The van der Waals surface area contributed by atoms with Crippen molar-refractivity contribution in [2.75, 3.05) is 5.32 Å². The van der Waals surface area contributed by atoms with Crippen LogP contribution in [0.1, 0.15) is 18.5 Å². The number of benzene rings is 2. The summed E-state index contributed by atoms with van der Waals surface area (Å²) in [7, 11) is 0. The van der Waals surface area contributed by atoms with E-state index in [0.29, 0.717) is 11.5 Å². The smallest absolute Gasteiger partial charge is 0.387 e. The molecule has 9 heteroatoms. The fourth-order valence-corrected chi connectivity index (χ4v) is 2.28. The standard InChI is InChI=1S/C18H17F2N5O2/c1-11-3-5-13(6-4-11)16-22-24-25(23-16)12(2)17(26)21-14-7-9-15(10-8-14)27-18(19)20/h3-10,12,18H,1-2H3,(H,21,26)/t12-/m1/s1. The van der Waals surface area contributed by atoms with Gasteiger partial charge in [0.05, 0.1) is 0 Å². The average molecular weight is 373 g/mol. The van der Waals surface area contributed by atoms with Gasteiger partial charge in [0.15, 0.2) is 0 Å². The summed E-state index contributed by atoms with van der Waals surface area (Å²) < 4.78 is 28.6. The lowest BCUT2D eigenvalue weighted by Gasteiger charge is -2.11. The maximum absolute atomic E-state index is 12.4. The molecule has 2 aromatic carbocycles. The zero-order valence-corrected chi connectivity index (χ0v) is 14.6. The summed E-state index contributed by atoms with van der Waals surface area (Å²) in [6.07, 6.45) is 0. The molecular formula is C18H17F2N5O2. The fraction of sp³-hybridized carbons (Fsp3) is 0.222. The largest absolute Gasteiger partial charge is 0.435 e. The van der Waals surface area contributed by atoms with Gasteiger partial charge in [-0.05, 0) is 43.3 Å². The third-order valence-corrected chi connectivity index (χ3v) is 3.81. The Bertz CT molecular complexity index is 910. The Morgan fingerprint density at radius 1 is 1.11 bits per heavy atom. The van der Waals surface area contributed by atoms with Crippen LogP contribution in [-0.4, -0.2) is 32.7 Å². The van der Waals surface area contributed by atoms with E-state index in [1.807, 2.05) is 31.2 Å². The van der Waals surface area contributed by atoms with E-state index in [2.05, 4.69) is 25.5 Å². The van der Waals surface area contributed by atoms with Crippen molar-refractivity contribution in [3.05, 3.63) is 54.1 Å². The molecule has 0 unspecified atom stereocenters. The minimum atomic E-state index is -2.90. The Kier molecular flexibility index (Phi) is 5.39. The first-order valence-electron chi connectivity index (χ1n) is 8.14. The van der Waals surface area contributed by atoms with Crippen molar-refractivity contribution < 1.29 is 18.3 Å². The van der Waals surface area contributed by atoms with Crippen LogP contribution in [0, 0.1) is 6.92 Å². The predicted octanol–water partition coefficient (Wildman–Crippen LogP) is 3.45. The second-order valence-electron chi connectivity index (χ2n) is 5.87. The molecule has 0 bridgehead atoms. The minimum absolute atomic E-state index is 0.0109. The van der Waals surface area contributed by atoms with Gasteiger partial charge in [0, 0.05) is 11.3 Å². The highest BCUT2D eigenvalue weighted by Gasteiger charge is 2.19. The minimum Gasteiger partial charge on any atom is -0.435 e. The van der Waals surface area contributed by atoms with Gasteiger partial charge in [0.1, 0.15) is 11.8 Å². The van der Waals surface area contributed by atoms with E-state index < -0.39 is 12.7 Å². The molecule has 1 heterocycles. The third kappa shape index (κ3) is 4.63. The Labute approximate surface area is 154 Å². The molecular weight excluding hydrogens is 356 g/mol. The van der Waals surface area contributed by atoms with E-state index in [9.17, 15) is 13.6 Å². The molecule has 3 rings (SSSR count). The van der Waals surface area contributed by atoms with E-state index in [0.717, 1.165) is 11.1 Å². The maximum atomic E-state index is 12.4. The quantitative estimate of drug-likeness (QED) is 0.716. The van der Waals surface area contributed by atoms with Crippen molar-refractivity contribution in [1.29, 1.82) is 0 Å². The summed E-state index contributed by atoms with van der Waals surface area (Å²) in [5.74, 6) is 0.0604. The average Bonchev–Trinajstić information content (AvgIpc) is 3.13. The number of nitrogens with zero attached hydrogens (tertiary/aromatic N) is 4. The van der Waals surface area contributed by atoms with Gasteiger partial charge in [-0.2, -0.15) is 13.6 Å². The van der Waals surface area contributed by atoms with E-state index in [1.54, 1.807) is 6.92 Å². The van der Waals surface area contributed by atoms with Crippen molar-refractivity contribution in [3.63, 3.8) is 0 Å². The fourth-order valence-electron chi connectivity index (χ4n) is 2.28. The lowest BCUT2D eigenvalue weighted by Crippen LogP contribution is -2.25. The lowest BCUT2D eigenvalue weighted by atomic mass is 10.1. The van der Waals surface area contributed by atoms with Gasteiger partial charge < -0.3 is 10.1 Å². The van der Waals surface area contributed by atoms with E-state index in [1.165, 1.54) is 29.1 Å². The number of aryl methyl sites for hydroxylation is 1. The van der Waals surface area contributed by atoms with Gasteiger partial charge in [-0.25, -0.2) is 0 Å². The number of anilines is 1. The molecule has 1 amide bonds. The van der Waals surface area contributed by atoms with Crippen LogP contribution in [0.4, 0.5) is 14.5 Å². The van der Waals surface area contributed by atoms with Crippen LogP contribution in [0.5, 0.6) is 5.75 Å². The van der Waals surface area contributed by atoms with Gasteiger partial charge >= 0.3 is 6.61 Å². The number of carbonyl (C=O) groups excluding carboxylic acids is 1. The molecule has 1 N–H and O–H groups in total. The van der Waals surface area contributed by atoms with Crippen LogP contribution < -0.4 is 10.1 Å². The number of alkyl halides is 2. The summed E-state index contributed by atoms with van der Waals surface area (Å²) in [4.78, 5) is 13.6. The first kappa shape index (κ1) is 18.4. The molecule has 27 heavy (non-hydrogen) atoms. The first-order chi connectivity index (χ1) is 12.9. The topological polar surface area (TPSA) is 81.9 Å². The number of nitrogens with one attached hydrogen (secondary N) is 1. The number of halogens is 2. The van der Waals surface area contributed by atoms with Crippen LogP contribution in [0.2, 0.25) is 0 Å². The van der Waals surface area contributed by atoms with Gasteiger partial charge in [-0.15, -0.1) is 10.2 Å². The molecule has 0 radical (unpaired) electrons. The van der Waals surface area contributed by atoms with E-state index in [4.69, 9.17) is 0 Å². The van der Waals surface area contributed by atoms with Gasteiger partial charge in [-0.1, -0.05) is 29.8 Å². The highest BCUT2D eigenvalue weighted by atomic mass is 19.3. The van der Waals surface area contributed by atoms with E-state index >= 15 is 0 Å².